The Hall–Kier alpha value is -2.03. The maximum absolute atomic E-state index is 12.3. The molecular formula is C19H21BrClN3O4. The second-order valence-corrected chi connectivity index (χ2v) is 7.53. The highest BCUT2D eigenvalue weighted by atomic mass is 79.9. The first kappa shape index (κ1) is 20.7. The van der Waals surface area contributed by atoms with E-state index in [0.29, 0.717) is 29.4 Å². The summed E-state index contributed by atoms with van der Waals surface area (Å²) in [5.74, 6) is 0.454. The minimum Gasteiger partial charge on any atom is -0.492 e. The monoisotopic (exact) mass is 469 g/mol. The molecule has 0 bridgehead atoms. The highest BCUT2D eigenvalue weighted by molar-refractivity contribution is 9.10. The zero-order valence-corrected chi connectivity index (χ0v) is 17.5. The van der Waals surface area contributed by atoms with E-state index in [0.717, 1.165) is 25.4 Å². The molecule has 1 saturated heterocycles. The minimum atomic E-state index is -0.406. The molecule has 2 amide bonds. The van der Waals surface area contributed by atoms with Gasteiger partial charge in [-0.1, -0.05) is 11.6 Å². The Morgan fingerprint density at radius 2 is 1.82 bits per heavy atom. The van der Waals surface area contributed by atoms with E-state index in [1.807, 2.05) is 12.1 Å². The predicted octanol–water partition coefficient (Wildman–Crippen LogP) is 2.65. The van der Waals surface area contributed by atoms with Crippen LogP contribution in [0.15, 0.2) is 45.5 Å². The summed E-state index contributed by atoms with van der Waals surface area (Å²) >= 11 is 8.99. The van der Waals surface area contributed by atoms with E-state index in [9.17, 15) is 9.59 Å². The van der Waals surface area contributed by atoms with Gasteiger partial charge < -0.3 is 19.4 Å². The van der Waals surface area contributed by atoms with Crippen LogP contribution in [0.3, 0.4) is 0 Å². The molecule has 7 nitrogen and oxygen atoms in total. The molecule has 3 rings (SSSR count). The topological polar surface area (TPSA) is 75.0 Å². The Morgan fingerprint density at radius 3 is 2.46 bits per heavy atom. The van der Waals surface area contributed by atoms with Gasteiger partial charge in [0, 0.05) is 37.7 Å². The van der Waals surface area contributed by atoms with Crippen LogP contribution in [0, 0.1) is 0 Å². The van der Waals surface area contributed by atoms with Crippen LogP contribution in [-0.2, 0) is 4.79 Å². The molecule has 0 saturated carbocycles. The number of ether oxygens (including phenoxy) is 1. The van der Waals surface area contributed by atoms with Crippen molar-refractivity contribution in [3.8, 4) is 5.75 Å². The number of rotatable bonds is 7. The van der Waals surface area contributed by atoms with E-state index in [4.69, 9.17) is 20.8 Å². The molecule has 0 spiro atoms. The van der Waals surface area contributed by atoms with Gasteiger partial charge >= 0.3 is 0 Å². The second-order valence-electron chi connectivity index (χ2n) is 6.31. The van der Waals surface area contributed by atoms with Gasteiger partial charge in [-0.25, -0.2) is 0 Å². The molecule has 1 N–H and O–H groups in total. The second kappa shape index (κ2) is 9.95. The lowest BCUT2D eigenvalue weighted by Crippen LogP contribution is -2.51. The third kappa shape index (κ3) is 5.98. The number of carbonyl (C=O) groups is 2. The van der Waals surface area contributed by atoms with Crippen LogP contribution in [0.2, 0.25) is 5.02 Å². The van der Waals surface area contributed by atoms with Crippen LogP contribution < -0.4 is 10.1 Å². The number of hydrogen-bond acceptors (Lipinski definition) is 5. The van der Waals surface area contributed by atoms with Gasteiger partial charge in [0.2, 0.25) is 5.91 Å². The number of carbonyl (C=O) groups excluding carboxylic acids is 2. The van der Waals surface area contributed by atoms with Crippen molar-refractivity contribution in [1.29, 1.82) is 0 Å². The van der Waals surface area contributed by atoms with Gasteiger partial charge in [0.15, 0.2) is 10.4 Å². The third-order valence-electron chi connectivity index (χ3n) is 4.41. The first-order valence-electron chi connectivity index (χ1n) is 8.93. The molecule has 0 radical (unpaired) electrons. The fourth-order valence-electron chi connectivity index (χ4n) is 2.84. The summed E-state index contributed by atoms with van der Waals surface area (Å²) in [5, 5.41) is 3.27. The van der Waals surface area contributed by atoms with Crippen LogP contribution in [0.5, 0.6) is 5.75 Å². The van der Waals surface area contributed by atoms with Crippen molar-refractivity contribution in [3.63, 3.8) is 0 Å². The minimum absolute atomic E-state index is 0.0448. The van der Waals surface area contributed by atoms with Crippen LogP contribution in [0.25, 0.3) is 0 Å². The molecule has 9 heteroatoms. The summed E-state index contributed by atoms with van der Waals surface area (Å²) in [6.45, 7) is 4.11. The summed E-state index contributed by atoms with van der Waals surface area (Å²) in [7, 11) is 0. The number of halogens is 2. The first-order chi connectivity index (χ1) is 13.5. The van der Waals surface area contributed by atoms with E-state index < -0.39 is 5.91 Å². The van der Waals surface area contributed by atoms with E-state index in [2.05, 4.69) is 26.1 Å². The van der Waals surface area contributed by atoms with Crippen molar-refractivity contribution >= 4 is 39.3 Å². The normalized spacial score (nSPS) is 14.7. The Bertz CT molecular complexity index is 804. The predicted molar refractivity (Wildman–Crippen MR) is 109 cm³/mol. The first-order valence-corrected chi connectivity index (χ1v) is 10.1. The average Bonchev–Trinajstić information content (AvgIpc) is 3.14. The molecule has 1 aliphatic heterocycles. The Labute approximate surface area is 176 Å². The van der Waals surface area contributed by atoms with Gasteiger partial charge in [-0.3, -0.25) is 14.5 Å². The number of furan rings is 1. The maximum Gasteiger partial charge on any atom is 0.287 e. The van der Waals surface area contributed by atoms with Gasteiger partial charge in [0.25, 0.3) is 5.91 Å². The largest absolute Gasteiger partial charge is 0.492 e. The number of benzene rings is 1. The third-order valence-corrected chi connectivity index (χ3v) is 5.09. The van der Waals surface area contributed by atoms with Crippen molar-refractivity contribution in [3.05, 3.63) is 51.9 Å². The maximum atomic E-state index is 12.3. The summed E-state index contributed by atoms with van der Waals surface area (Å²) in [6.07, 6.45) is 0. The van der Waals surface area contributed by atoms with Crippen LogP contribution >= 0.6 is 27.5 Å². The molecule has 1 aromatic carbocycles. The lowest BCUT2D eigenvalue weighted by molar-refractivity contribution is -0.131. The number of nitrogens with one attached hydrogen (secondary N) is 1. The fourth-order valence-corrected chi connectivity index (χ4v) is 3.27. The van der Waals surface area contributed by atoms with Gasteiger partial charge in [0.1, 0.15) is 12.4 Å². The number of nitrogens with zero attached hydrogens (tertiary/aromatic N) is 2. The molecule has 0 unspecified atom stereocenters. The molecule has 28 heavy (non-hydrogen) atoms. The molecule has 1 fully saturated rings. The van der Waals surface area contributed by atoms with Gasteiger partial charge in [-0.2, -0.15) is 0 Å². The standard InChI is InChI=1S/C19H21BrClN3O4/c20-17-6-5-16(28-17)19(26)22-13-18(25)24-9-7-23(8-10-24)11-12-27-15-3-1-14(21)2-4-15/h1-6H,7-13H2,(H,22,26). The SMILES string of the molecule is O=C(NCC(=O)N1CCN(CCOc2ccc(Cl)cc2)CC1)c1ccc(Br)o1. The van der Waals surface area contributed by atoms with E-state index >= 15 is 0 Å². The Balaban J connectivity index is 1.33. The fraction of sp³-hybridized carbons (Fsp3) is 0.368. The van der Waals surface area contributed by atoms with Crippen LogP contribution in [-0.4, -0.2) is 67.5 Å². The van der Waals surface area contributed by atoms with Crippen molar-refractivity contribution in [2.45, 2.75) is 0 Å². The molecule has 2 aromatic rings. The zero-order valence-electron chi connectivity index (χ0n) is 15.2. The molecule has 1 aliphatic rings. The van der Waals surface area contributed by atoms with Crippen molar-refractivity contribution < 1.29 is 18.7 Å². The van der Waals surface area contributed by atoms with Crippen LogP contribution in [0.1, 0.15) is 10.6 Å². The van der Waals surface area contributed by atoms with Crippen LogP contribution in [0.4, 0.5) is 0 Å². The number of amides is 2. The smallest absolute Gasteiger partial charge is 0.287 e. The zero-order chi connectivity index (χ0) is 19.9. The Morgan fingerprint density at radius 1 is 1.11 bits per heavy atom. The lowest BCUT2D eigenvalue weighted by atomic mass is 10.3. The van der Waals surface area contributed by atoms with Crippen molar-refractivity contribution in [1.82, 2.24) is 15.1 Å². The van der Waals surface area contributed by atoms with E-state index in [-0.39, 0.29) is 18.2 Å². The molecule has 2 heterocycles. The number of hydrogen-bond donors (Lipinski definition) is 1. The molecular weight excluding hydrogens is 450 g/mol. The van der Waals surface area contributed by atoms with Gasteiger partial charge in [-0.15, -0.1) is 0 Å². The van der Waals surface area contributed by atoms with Crippen molar-refractivity contribution in [2.24, 2.45) is 0 Å². The molecule has 0 atom stereocenters. The summed E-state index contributed by atoms with van der Waals surface area (Å²) in [5.41, 5.74) is 0. The molecule has 0 aliphatic carbocycles. The molecule has 150 valence electrons. The quantitative estimate of drug-likeness (QED) is 0.673. The van der Waals surface area contributed by atoms with E-state index in [1.54, 1.807) is 29.2 Å². The Kier molecular flexibility index (Phi) is 7.36. The highest BCUT2D eigenvalue weighted by Gasteiger charge is 2.21. The van der Waals surface area contributed by atoms with Gasteiger partial charge in [-0.05, 0) is 52.3 Å². The summed E-state index contributed by atoms with van der Waals surface area (Å²) < 4.78 is 11.3. The summed E-state index contributed by atoms with van der Waals surface area (Å²) in [6, 6.07) is 10.5. The summed E-state index contributed by atoms with van der Waals surface area (Å²) in [4.78, 5) is 28.2. The van der Waals surface area contributed by atoms with Crippen molar-refractivity contribution in [2.75, 3.05) is 45.9 Å². The lowest BCUT2D eigenvalue weighted by Gasteiger charge is -2.34. The highest BCUT2D eigenvalue weighted by Crippen LogP contribution is 2.16. The average molecular weight is 471 g/mol. The number of piperazine rings is 1. The molecule has 1 aromatic heterocycles. The van der Waals surface area contributed by atoms with E-state index in [1.165, 1.54) is 0 Å². The van der Waals surface area contributed by atoms with Gasteiger partial charge in [0.05, 0.1) is 6.54 Å².